The molecule has 8 nitrogen and oxygen atoms in total. The molecule has 0 aliphatic carbocycles. The molecule has 2 aliphatic rings. The third-order valence-corrected chi connectivity index (χ3v) is 4.65. The SMILES string of the molecule is C[C@@H](OC(=O)[C@H]1CCC(=O)N1)C(=O)N1c2ccccc2NC(=O)C1(C)C. The minimum Gasteiger partial charge on any atom is -0.451 e. The molecule has 1 aromatic rings. The number of rotatable bonds is 3. The van der Waals surface area contributed by atoms with Gasteiger partial charge < -0.3 is 15.4 Å². The fourth-order valence-corrected chi connectivity index (χ4v) is 3.13. The Balaban J connectivity index is 1.82. The van der Waals surface area contributed by atoms with Crippen molar-refractivity contribution in [3.8, 4) is 0 Å². The predicted molar refractivity (Wildman–Crippen MR) is 93.4 cm³/mol. The van der Waals surface area contributed by atoms with Crippen LogP contribution in [0, 0.1) is 0 Å². The number of carbonyl (C=O) groups is 4. The Morgan fingerprint density at radius 1 is 1.27 bits per heavy atom. The number of esters is 1. The molecular weight excluding hydrogens is 338 g/mol. The maximum Gasteiger partial charge on any atom is 0.329 e. The van der Waals surface area contributed by atoms with Gasteiger partial charge in [-0.05, 0) is 39.3 Å². The van der Waals surface area contributed by atoms with E-state index in [0.717, 1.165) is 0 Å². The van der Waals surface area contributed by atoms with Gasteiger partial charge in [-0.3, -0.25) is 19.3 Å². The Hall–Kier alpha value is -2.90. The molecule has 2 atom stereocenters. The summed E-state index contributed by atoms with van der Waals surface area (Å²) in [5.74, 6) is -1.70. The van der Waals surface area contributed by atoms with E-state index < -0.39 is 29.6 Å². The third kappa shape index (κ3) is 3.02. The molecule has 8 heteroatoms. The normalized spacial score (nSPS) is 22.1. The number of carbonyl (C=O) groups excluding carboxylic acids is 4. The monoisotopic (exact) mass is 359 g/mol. The lowest BCUT2D eigenvalue weighted by atomic mass is 9.95. The second-order valence-corrected chi connectivity index (χ2v) is 6.94. The highest BCUT2D eigenvalue weighted by Gasteiger charge is 2.45. The Morgan fingerprint density at radius 3 is 2.62 bits per heavy atom. The Morgan fingerprint density at radius 2 is 1.96 bits per heavy atom. The van der Waals surface area contributed by atoms with Crippen LogP contribution in [-0.4, -0.2) is 41.4 Å². The molecule has 2 aliphatic heterocycles. The lowest BCUT2D eigenvalue weighted by Crippen LogP contribution is -2.60. The number of ether oxygens (including phenoxy) is 1. The first-order valence-electron chi connectivity index (χ1n) is 8.46. The zero-order valence-electron chi connectivity index (χ0n) is 14.9. The van der Waals surface area contributed by atoms with E-state index in [9.17, 15) is 19.2 Å². The summed E-state index contributed by atoms with van der Waals surface area (Å²) in [7, 11) is 0. The van der Waals surface area contributed by atoms with Crippen molar-refractivity contribution >= 4 is 35.1 Å². The van der Waals surface area contributed by atoms with Crippen molar-refractivity contribution in [3.05, 3.63) is 24.3 Å². The molecule has 1 aromatic carbocycles. The molecule has 3 rings (SSSR count). The Bertz CT molecular complexity index is 789. The molecule has 0 aromatic heterocycles. The Labute approximate surface area is 150 Å². The van der Waals surface area contributed by atoms with Crippen LogP contribution in [-0.2, 0) is 23.9 Å². The van der Waals surface area contributed by atoms with Crippen molar-refractivity contribution in [1.29, 1.82) is 0 Å². The van der Waals surface area contributed by atoms with E-state index in [4.69, 9.17) is 4.74 Å². The Kier molecular flexibility index (Phi) is 4.43. The number of benzene rings is 1. The highest BCUT2D eigenvalue weighted by molar-refractivity contribution is 6.15. The summed E-state index contributed by atoms with van der Waals surface area (Å²) >= 11 is 0. The first-order chi connectivity index (χ1) is 12.2. The van der Waals surface area contributed by atoms with E-state index in [-0.39, 0.29) is 18.2 Å². The van der Waals surface area contributed by atoms with Crippen LogP contribution >= 0.6 is 0 Å². The minimum atomic E-state index is -1.15. The first kappa shape index (κ1) is 17.9. The molecular formula is C18H21N3O5. The molecule has 26 heavy (non-hydrogen) atoms. The summed E-state index contributed by atoms with van der Waals surface area (Å²) in [6.45, 7) is 4.71. The highest BCUT2D eigenvalue weighted by Crippen LogP contribution is 2.37. The van der Waals surface area contributed by atoms with E-state index >= 15 is 0 Å². The van der Waals surface area contributed by atoms with Gasteiger partial charge in [-0.2, -0.15) is 0 Å². The molecule has 0 saturated carbocycles. The minimum absolute atomic E-state index is 0.214. The first-order valence-corrected chi connectivity index (χ1v) is 8.46. The van der Waals surface area contributed by atoms with Gasteiger partial charge in [-0.1, -0.05) is 12.1 Å². The number of nitrogens with one attached hydrogen (secondary N) is 2. The topological polar surface area (TPSA) is 105 Å². The van der Waals surface area contributed by atoms with Crippen molar-refractivity contribution in [2.45, 2.75) is 51.3 Å². The molecule has 138 valence electrons. The second-order valence-electron chi connectivity index (χ2n) is 6.94. The fourth-order valence-electron chi connectivity index (χ4n) is 3.13. The van der Waals surface area contributed by atoms with Gasteiger partial charge in [0.25, 0.3) is 5.91 Å². The molecule has 1 saturated heterocycles. The molecule has 0 spiro atoms. The number of fused-ring (bicyclic) bond motifs is 1. The van der Waals surface area contributed by atoms with Gasteiger partial charge in [0.1, 0.15) is 11.6 Å². The number of hydrogen-bond acceptors (Lipinski definition) is 5. The number of para-hydroxylation sites is 2. The smallest absolute Gasteiger partial charge is 0.329 e. The van der Waals surface area contributed by atoms with Gasteiger partial charge >= 0.3 is 5.97 Å². The average molecular weight is 359 g/mol. The van der Waals surface area contributed by atoms with Crippen LogP contribution in [0.2, 0.25) is 0 Å². The van der Waals surface area contributed by atoms with Crippen molar-refractivity contribution in [2.75, 3.05) is 10.2 Å². The summed E-state index contributed by atoms with van der Waals surface area (Å²) in [6.07, 6.45) is -0.494. The predicted octanol–water partition coefficient (Wildman–Crippen LogP) is 0.961. The van der Waals surface area contributed by atoms with Gasteiger partial charge in [0.15, 0.2) is 6.10 Å². The van der Waals surface area contributed by atoms with Gasteiger partial charge in [-0.25, -0.2) is 4.79 Å². The molecule has 2 N–H and O–H groups in total. The van der Waals surface area contributed by atoms with E-state index in [1.807, 2.05) is 0 Å². The quantitative estimate of drug-likeness (QED) is 0.782. The van der Waals surface area contributed by atoms with E-state index in [0.29, 0.717) is 17.8 Å². The van der Waals surface area contributed by atoms with E-state index in [1.54, 1.807) is 38.1 Å². The lowest BCUT2D eigenvalue weighted by molar-refractivity contribution is -0.156. The van der Waals surface area contributed by atoms with Crippen molar-refractivity contribution < 1.29 is 23.9 Å². The molecule has 1 fully saturated rings. The summed E-state index contributed by atoms with van der Waals surface area (Å²) in [5, 5.41) is 5.29. The van der Waals surface area contributed by atoms with Crippen molar-refractivity contribution in [2.24, 2.45) is 0 Å². The maximum atomic E-state index is 13.0. The van der Waals surface area contributed by atoms with Crippen LogP contribution in [0.1, 0.15) is 33.6 Å². The van der Waals surface area contributed by atoms with E-state index in [1.165, 1.54) is 11.8 Å². The number of nitrogens with zero attached hydrogens (tertiary/aromatic N) is 1. The van der Waals surface area contributed by atoms with Gasteiger partial charge in [0.05, 0.1) is 11.4 Å². The van der Waals surface area contributed by atoms with Crippen LogP contribution in [0.15, 0.2) is 24.3 Å². The highest BCUT2D eigenvalue weighted by atomic mass is 16.5. The summed E-state index contributed by atoms with van der Waals surface area (Å²) < 4.78 is 5.26. The standard InChI is InChI=1S/C18H21N3O5/c1-10(26-16(24)12-8-9-14(22)19-12)15(23)21-13-7-5-4-6-11(13)20-17(25)18(21,2)3/h4-7,10,12H,8-9H2,1-3H3,(H,19,22)(H,20,25)/t10-,12-/m1/s1. The summed E-state index contributed by atoms with van der Waals surface area (Å²) in [4.78, 5) is 50.2. The van der Waals surface area contributed by atoms with Gasteiger partial charge in [0.2, 0.25) is 11.8 Å². The molecule has 2 heterocycles. The fraction of sp³-hybridized carbons (Fsp3) is 0.444. The van der Waals surface area contributed by atoms with Crippen molar-refractivity contribution in [3.63, 3.8) is 0 Å². The largest absolute Gasteiger partial charge is 0.451 e. The van der Waals surface area contributed by atoms with Crippen LogP contribution in [0.4, 0.5) is 11.4 Å². The third-order valence-electron chi connectivity index (χ3n) is 4.65. The van der Waals surface area contributed by atoms with Gasteiger partial charge in [-0.15, -0.1) is 0 Å². The maximum absolute atomic E-state index is 13.0. The van der Waals surface area contributed by atoms with Crippen molar-refractivity contribution in [1.82, 2.24) is 5.32 Å². The van der Waals surface area contributed by atoms with Crippen LogP contribution in [0.5, 0.6) is 0 Å². The number of amides is 3. The molecule has 3 amide bonds. The zero-order valence-corrected chi connectivity index (χ0v) is 14.9. The number of anilines is 2. The zero-order chi connectivity index (χ0) is 19.1. The number of hydrogen-bond donors (Lipinski definition) is 2. The van der Waals surface area contributed by atoms with E-state index in [2.05, 4.69) is 10.6 Å². The molecule has 0 bridgehead atoms. The van der Waals surface area contributed by atoms with Crippen LogP contribution < -0.4 is 15.5 Å². The summed E-state index contributed by atoms with van der Waals surface area (Å²) in [6, 6.07) is 6.21. The molecule has 0 radical (unpaired) electrons. The van der Waals surface area contributed by atoms with Gasteiger partial charge in [0, 0.05) is 6.42 Å². The second kappa shape index (κ2) is 6.44. The summed E-state index contributed by atoms with van der Waals surface area (Å²) in [5.41, 5.74) is -0.0841. The molecule has 0 unspecified atom stereocenters. The van der Waals surface area contributed by atoms with Crippen LogP contribution in [0.25, 0.3) is 0 Å². The lowest BCUT2D eigenvalue weighted by Gasteiger charge is -2.42. The van der Waals surface area contributed by atoms with Crippen LogP contribution in [0.3, 0.4) is 0 Å². The average Bonchev–Trinajstić information content (AvgIpc) is 3.02.